The average Bonchev–Trinajstić information content (AvgIpc) is 1.99. The van der Waals surface area contributed by atoms with Crippen LogP contribution >= 0.6 is 0 Å². The lowest BCUT2D eigenvalue weighted by Crippen LogP contribution is -2.04. The van der Waals surface area contributed by atoms with Crippen molar-refractivity contribution >= 4 is 16.2 Å². The van der Waals surface area contributed by atoms with E-state index in [-0.39, 0.29) is 5.97 Å². The third kappa shape index (κ3) is 7.59. The number of ether oxygens (including phenoxy) is 1. The van der Waals surface area contributed by atoms with Crippen molar-refractivity contribution in [3.63, 3.8) is 0 Å². The fourth-order valence-corrected chi connectivity index (χ4v) is 1.22. The van der Waals surface area contributed by atoms with Crippen molar-refractivity contribution in [2.45, 2.75) is 38.7 Å². The van der Waals surface area contributed by atoms with Gasteiger partial charge in [0.2, 0.25) is 0 Å². The van der Waals surface area contributed by atoms with E-state index in [0.717, 1.165) is 29.1 Å². The number of unbranched alkanes of at least 4 members (excludes halogenated alkanes) is 2. The molecule has 0 rings (SSSR count). The standard InChI is InChI=1S/C8H18O2Si/c1-2-3-4-6-10-8(9)5-7-11/h2-7H2,1,11H3. The quantitative estimate of drug-likeness (QED) is 0.340. The minimum absolute atomic E-state index is 0.0175. The molecular weight excluding hydrogens is 156 g/mol. The van der Waals surface area contributed by atoms with E-state index in [0.29, 0.717) is 13.0 Å². The van der Waals surface area contributed by atoms with Gasteiger partial charge in [-0.25, -0.2) is 0 Å². The summed E-state index contributed by atoms with van der Waals surface area (Å²) in [5, 5.41) is 0. The highest BCUT2D eigenvalue weighted by molar-refractivity contribution is 6.09. The Morgan fingerprint density at radius 1 is 1.45 bits per heavy atom. The first-order chi connectivity index (χ1) is 5.31. The van der Waals surface area contributed by atoms with Gasteiger partial charge in [0.15, 0.2) is 0 Å². The Balaban J connectivity index is 3.04. The van der Waals surface area contributed by atoms with Crippen molar-refractivity contribution in [2.75, 3.05) is 6.61 Å². The molecule has 0 spiro atoms. The minimum atomic E-state index is -0.0175. The van der Waals surface area contributed by atoms with Gasteiger partial charge in [-0.15, -0.1) is 0 Å². The molecule has 0 fully saturated rings. The van der Waals surface area contributed by atoms with Crippen molar-refractivity contribution in [1.29, 1.82) is 0 Å². The van der Waals surface area contributed by atoms with E-state index < -0.39 is 0 Å². The van der Waals surface area contributed by atoms with Crippen LogP contribution in [0.4, 0.5) is 0 Å². The Bertz CT molecular complexity index is 104. The summed E-state index contributed by atoms with van der Waals surface area (Å²) in [5.74, 6) is -0.0175. The molecule has 0 aromatic carbocycles. The van der Waals surface area contributed by atoms with Gasteiger partial charge in [0.25, 0.3) is 0 Å². The molecule has 0 amide bonds. The largest absolute Gasteiger partial charge is 0.466 e. The summed E-state index contributed by atoms with van der Waals surface area (Å²) in [5.41, 5.74) is 0. The summed E-state index contributed by atoms with van der Waals surface area (Å²) in [4.78, 5) is 10.8. The van der Waals surface area contributed by atoms with Crippen molar-refractivity contribution in [2.24, 2.45) is 0 Å². The average molecular weight is 174 g/mol. The van der Waals surface area contributed by atoms with E-state index in [1.165, 1.54) is 6.42 Å². The zero-order valence-electron chi connectivity index (χ0n) is 7.56. The van der Waals surface area contributed by atoms with Crippen LogP contribution in [-0.2, 0) is 9.53 Å². The van der Waals surface area contributed by atoms with Crippen LogP contribution < -0.4 is 0 Å². The van der Waals surface area contributed by atoms with Gasteiger partial charge in [-0.1, -0.05) is 25.8 Å². The van der Waals surface area contributed by atoms with E-state index in [2.05, 4.69) is 6.92 Å². The second-order valence-electron chi connectivity index (χ2n) is 2.68. The lowest BCUT2D eigenvalue weighted by atomic mass is 10.3. The van der Waals surface area contributed by atoms with Gasteiger partial charge in [-0.3, -0.25) is 4.79 Å². The molecule has 3 heteroatoms. The lowest BCUT2D eigenvalue weighted by molar-refractivity contribution is -0.143. The second kappa shape index (κ2) is 7.79. The molecule has 0 radical (unpaired) electrons. The lowest BCUT2D eigenvalue weighted by Gasteiger charge is -2.01. The normalized spacial score (nSPS) is 9.91. The molecule has 0 saturated carbocycles. The number of hydrogen-bond acceptors (Lipinski definition) is 2. The molecule has 0 aliphatic carbocycles. The number of carbonyl (C=O) groups excluding carboxylic acids is 1. The molecular formula is C8H18O2Si. The van der Waals surface area contributed by atoms with Crippen molar-refractivity contribution < 1.29 is 9.53 Å². The Kier molecular flexibility index (Phi) is 7.57. The van der Waals surface area contributed by atoms with Gasteiger partial charge in [0.1, 0.15) is 0 Å². The van der Waals surface area contributed by atoms with Crippen molar-refractivity contribution in [3.8, 4) is 0 Å². The van der Waals surface area contributed by atoms with E-state index >= 15 is 0 Å². The molecule has 0 bridgehead atoms. The van der Waals surface area contributed by atoms with Crippen LogP contribution in [0, 0.1) is 0 Å². The topological polar surface area (TPSA) is 26.3 Å². The van der Waals surface area contributed by atoms with Gasteiger partial charge in [-0.05, 0) is 6.42 Å². The Morgan fingerprint density at radius 3 is 2.73 bits per heavy atom. The smallest absolute Gasteiger partial charge is 0.305 e. The maximum Gasteiger partial charge on any atom is 0.305 e. The molecule has 0 aromatic rings. The molecule has 0 atom stereocenters. The van der Waals surface area contributed by atoms with E-state index in [9.17, 15) is 4.79 Å². The monoisotopic (exact) mass is 174 g/mol. The zero-order valence-corrected chi connectivity index (χ0v) is 9.56. The van der Waals surface area contributed by atoms with Crippen LogP contribution in [0.1, 0.15) is 32.6 Å². The Labute approximate surface area is 71.7 Å². The highest BCUT2D eigenvalue weighted by atomic mass is 28.1. The molecule has 0 saturated heterocycles. The molecule has 0 aliphatic rings. The van der Waals surface area contributed by atoms with Crippen LogP contribution in [0.5, 0.6) is 0 Å². The summed E-state index contributed by atoms with van der Waals surface area (Å²) in [6, 6.07) is 1.02. The van der Waals surface area contributed by atoms with Crippen LogP contribution in [0.2, 0.25) is 6.04 Å². The summed E-state index contributed by atoms with van der Waals surface area (Å²) >= 11 is 0. The third-order valence-corrected chi connectivity index (χ3v) is 1.97. The molecule has 2 nitrogen and oxygen atoms in total. The highest BCUT2D eigenvalue weighted by Gasteiger charge is 1.98. The number of hydrogen-bond donors (Lipinski definition) is 0. The Morgan fingerprint density at radius 2 is 2.18 bits per heavy atom. The number of esters is 1. The summed E-state index contributed by atoms with van der Waals surface area (Å²) in [7, 11) is 1.10. The molecule has 0 aliphatic heterocycles. The van der Waals surface area contributed by atoms with E-state index in [4.69, 9.17) is 4.74 Å². The van der Waals surface area contributed by atoms with Crippen LogP contribution in [-0.4, -0.2) is 22.8 Å². The molecule has 66 valence electrons. The first-order valence-electron chi connectivity index (χ1n) is 4.46. The second-order valence-corrected chi connectivity index (χ2v) is 3.68. The molecule has 0 unspecified atom stereocenters. The molecule has 0 N–H and O–H groups in total. The first-order valence-corrected chi connectivity index (χ1v) is 5.88. The summed E-state index contributed by atoms with van der Waals surface area (Å²) in [6.07, 6.45) is 3.98. The molecule has 11 heavy (non-hydrogen) atoms. The molecule has 0 heterocycles. The summed E-state index contributed by atoms with van der Waals surface area (Å²) < 4.78 is 4.97. The first kappa shape index (κ1) is 10.7. The maximum atomic E-state index is 10.8. The van der Waals surface area contributed by atoms with Gasteiger partial charge >= 0.3 is 5.97 Å². The van der Waals surface area contributed by atoms with Gasteiger partial charge in [0, 0.05) is 16.7 Å². The van der Waals surface area contributed by atoms with Crippen LogP contribution in [0.25, 0.3) is 0 Å². The number of carbonyl (C=O) groups is 1. The minimum Gasteiger partial charge on any atom is -0.466 e. The molecule has 0 aromatic heterocycles. The highest BCUT2D eigenvalue weighted by Crippen LogP contribution is 1.96. The predicted molar refractivity (Wildman–Crippen MR) is 49.8 cm³/mol. The zero-order chi connectivity index (χ0) is 8.53. The van der Waals surface area contributed by atoms with Crippen molar-refractivity contribution in [3.05, 3.63) is 0 Å². The van der Waals surface area contributed by atoms with Crippen molar-refractivity contribution in [1.82, 2.24) is 0 Å². The third-order valence-electron chi connectivity index (χ3n) is 1.47. The fraction of sp³-hybridized carbons (Fsp3) is 0.875. The predicted octanol–water partition coefficient (Wildman–Crippen LogP) is 0.894. The van der Waals surface area contributed by atoms with Crippen LogP contribution in [0.15, 0.2) is 0 Å². The Hall–Kier alpha value is -0.313. The van der Waals surface area contributed by atoms with Gasteiger partial charge in [0.05, 0.1) is 6.61 Å². The van der Waals surface area contributed by atoms with E-state index in [1.54, 1.807) is 0 Å². The number of rotatable bonds is 6. The van der Waals surface area contributed by atoms with Gasteiger partial charge in [-0.2, -0.15) is 0 Å². The summed E-state index contributed by atoms with van der Waals surface area (Å²) in [6.45, 7) is 2.76. The maximum absolute atomic E-state index is 10.8. The van der Waals surface area contributed by atoms with E-state index in [1.807, 2.05) is 0 Å². The van der Waals surface area contributed by atoms with Gasteiger partial charge < -0.3 is 4.74 Å². The van der Waals surface area contributed by atoms with Crippen LogP contribution in [0.3, 0.4) is 0 Å². The fourth-order valence-electron chi connectivity index (χ4n) is 0.814. The SMILES string of the molecule is CCCCCOC(=O)CC[SiH3].